The van der Waals surface area contributed by atoms with E-state index in [0.29, 0.717) is 19.5 Å². The highest BCUT2D eigenvalue weighted by Gasteiger charge is 2.14. The van der Waals surface area contributed by atoms with Gasteiger partial charge in [0.05, 0.1) is 6.42 Å². The fourth-order valence-corrected chi connectivity index (χ4v) is 1.49. The van der Waals surface area contributed by atoms with Crippen LogP contribution in [-0.4, -0.2) is 28.1 Å². The second-order valence-electron chi connectivity index (χ2n) is 3.83. The van der Waals surface area contributed by atoms with Gasteiger partial charge in [-0.3, -0.25) is 14.6 Å². The van der Waals surface area contributed by atoms with Crippen molar-refractivity contribution in [2.75, 3.05) is 6.54 Å². The Labute approximate surface area is 102 Å². The Bertz CT molecular complexity index is 376. The number of hydrogen-bond acceptors (Lipinski definition) is 3. The number of carbonyl (C=O) groups excluding carboxylic acids is 2. The zero-order valence-corrected chi connectivity index (χ0v) is 10.3. The van der Waals surface area contributed by atoms with Crippen molar-refractivity contribution < 1.29 is 9.59 Å². The molecule has 0 aromatic carbocycles. The van der Waals surface area contributed by atoms with Gasteiger partial charge in [-0.25, -0.2) is 0 Å². The first-order chi connectivity index (χ1) is 8.17. The molecule has 1 aromatic heterocycles. The molecule has 1 rings (SSSR count). The van der Waals surface area contributed by atoms with Gasteiger partial charge in [-0.05, 0) is 24.6 Å². The van der Waals surface area contributed by atoms with Crippen molar-refractivity contribution in [2.24, 2.45) is 0 Å². The molecule has 1 aromatic rings. The molecule has 1 amide bonds. The molecule has 0 saturated heterocycles. The van der Waals surface area contributed by atoms with Gasteiger partial charge in [0.1, 0.15) is 5.78 Å². The summed E-state index contributed by atoms with van der Waals surface area (Å²) < 4.78 is 0. The van der Waals surface area contributed by atoms with Crippen LogP contribution in [0.1, 0.15) is 32.3 Å². The van der Waals surface area contributed by atoms with Gasteiger partial charge in [0.25, 0.3) is 0 Å². The van der Waals surface area contributed by atoms with E-state index in [9.17, 15) is 9.59 Å². The highest BCUT2D eigenvalue weighted by molar-refractivity contribution is 5.97. The van der Waals surface area contributed by atoms with Crippen molar-refractivity contribution in [3.05, 3.63) is 30.1 Å². The molecule has 0 N–H and O–H groups in total. The van der Waals surface area contributed by atoms with E-state index in [-0.39, 0.29) is 18.1 Å². The quantitative estimate of drug-likeness (QED) is 0.705. The van der Waals surface area contributed by atoms with E-state index in [2.05, 4.69) is 4.98 Å². The molecule has 17 heavy (non-hydrogen) atoms. The van der Waals surface area contributed by atoms with Crippen molar-refractivity contribution in [1.29, 1.82) is 0 Å². The summed E-state index contributed by atoms with van der Waals surface area (Å²) in [4.78, 5) is 28.7. The van der Waals surface area contributed by atoms with E-state index in [0.717, 1.165) is 5.56 Å². The first-order valence-electron chi connectivity index (χ1n) is 5.85. The molecule has 0 aliphatic rings. The number of aromatic nitrogens is 1. The second-order valence-corrected chi connectivity index (χ2v) is 3.83. The van der Waals surface area contributed by atoms with Crippen molar-refractivity contribution in [2.45, 2.75) is 33.2 Å². The Morgan fingerprint density at radius 1 is 1.24 bits per heavy atom. The van der Waals surface area contributed by atoms with Crippen LogP contribution in [0.15, 0.2) is 24.5 Å². The highest BCUT2D eigenvalue weighted by atomic mass is 16.2. The van der Waals surface area contributed by atoms with Crippen LogP contribution in [-0.2, 0) is 16.1 Å². The van der Waals surface area contributed by atoms with E-state index in [1.807, 2.05) is 19.1 Å². The summed E-state index contributed by atoms with van der Waals surface area (Å²) in [5.74, 6) is -0.112. The van der Waals surface area contributed by atoms with Gasteiger partial charge in [-0.1, -0.05) is 6.92 Å². The minimum atomic E-state index is -0.101. The van der Waals surface area contributed by atoms with Gasteiger partial charge in [0, 0.05) is 31.9 Å². The number of ketones is 1. The van der Waals surface area contributed by atoms with Gasteiger partial charge in [0.2, 0.25) is 5.91 Å². The Morgan fingerprint density at radius 2 is 1.88 bits per heavy atom. The number of rotatable bonds is 6. The third-order valence-corrected chi connectivity index (χ3v) is 2.60. The Balaban J connectivity index is 2.59. The first kappa shape index (κ1) is 13.4. The van der Waals surface area contributed by atoms with Crippen LogP contribution in [0.2, 0.25) is 0 Å². The minimum absolute atomic E-state index is 0.00935. The lowest BCUT2D eigenvalue weighted by atomic mass is 10.2. The zero-order valence-electron chi connectivity index (χ0n) is 10.3. The van der Waals surface area contributed by atoms with Crippen molar-refractivity contribution in [1.82, 2.24) is 9.88 Å². The largest absolute Gasteiger partial charge is 0.338 e. The van der Waals surface area contributed by atoms with Crippen molar-refractivity contribution >= 4 is 11.7 Å². The molecule has 92 valence electrons. The van der Waals surface area contributed by atoms with Crippen LogP contribution in [0.4, 0.5) is 0 Å². The van der Waals surface area contributed by atoms with Crippen LogP contribution < -0.4 is 0 Å². The zero-order chi connectivity index (χ0) is 12.7. The molecule has 4 heteroatoms. The molecule has 0 radical (unpaired) electrons. The third-order valence-electron chi connectivity index (χ3n) is 2.60. The molecule has 0 unspecified atom stereocenters. The maximum Gasteiger partial charge on any atom is 0.230 e. The first-order valence-corrected chi connectivity index (χ1v) is 5.85. The molecule has 0 bridgehead atoms. The molecule has 0 spiro atoms. The van der Waals surface area contributed by atoms with E-state index < -0.39 is 0 Å². The number of Topliss-reactive ketones (excluding diaryl/α,β-unsaturated/α-hetero) is 1. The van der Waals surface area contributed by atoms with Gasteiger partial charge in [-0.2, -0.15) is 0 Å². The van der Waals surface area contributed by atoms with E-state index in [1.54, 1.807) is 24.2 Å². The summed E-state index contributed by atoms with van der Waals surface area (Å²) in [6.07, 6.45) is 3.82. The predicted octanol–water partition coefficient (Wildman–Crippen LogP) is 1.80. The van der Waals surface area contributed by atoms with Crippen LogP contribution in [0.5, 0.6) is 0 Å². The topological polar surface area (TPSA) is 50.3 Å². The van der Waals surface area contributed by atoms with E-state index >= 15 is 0 Å². The smallest absolute Gasteiger partial charge is 0.230 e. The summed E-state index contributed by atoms with van der Waals surface area (Å²) in [6.45, 7) is 4.83. The lowest BCUT2D eigenvalue weighted by molar-refractivity contribution is -0.135. The summed E-state index contributed by atoms with van der Waals surface area (Å²) >= 11 is 0. The summed E-state index contributed by atoms with van der Waals surface area (Å²) in [7, 11) is 0. The average Bonchev–Trinajstić information content (AvgIpc) is 2.36. The van der Waals surface area contributed by atoms with Gasteiger partial charge < -0.3 is 4.90 Å². The van der Waals surface area contributed by atoms with Gasteiger partial charge >= 0.3 is 0 Å². The molecule has 0 fully saturated rings. The van der Waals surface area contributed by atoms with Gasteiger partial charge in [0.15, 0.2) is 0 Å². The number of pyridine rings is 1. The molecular weight excluding hydrogens is 216 g/mol. The Kier molecular flexibility index (Phi) is 5.33. The van der Waals surface area contributed by atoms with Crippen LogP contribution in [0, 0.1) is 0 Å². The maximum absolute atomic E-state index is 11.8. The Hall–Kier alpha value is -1.71. The maximum atomic E-state index is 11.8. The van der Waals surface area contributed by atoms with Crippen molar-refractivity contribution in [3.63, 3.8) is 0 Å². The normalized spacial score (nSPS) is 10.0. The number of nitrogens with zero attached hydrogens (tertiary/aromatic N) is 2. The lowest BCUT2D eigenvalue weighted by Crippen LogP contribution is -2.31. The standard InChI is InChI=1S/C13H18N2O2/c1-3-12(16)9-13(17)15(4-2)10-11-5-7-14-8-6-11/h5-8H,3-4,9-10H2,1-2H3. The average molecular weight is 234 g/mol. The van der Waals surface area contributed by atoms with Crippen LogP contribution >= 0.6 is 0 Å². The highest BCUT2D eigenvalue weighted by Crippen LogP contribution is 2.05. The Morgan fingerprint density at radius 3 is 2.41 bits per heavy atom. The third kappa shape index (κ3) is 4.34. The van der Waals surface area contributed by atoms with Crippen LogP contribution in [0.25, 0.3) is 0 Å². The summed E-state index contributed by atoms with van der Waals surface area (Å²) in [6, 6.07) is 3.75. The van der Waals surface area contributed by atoms with Gasteiger partial charge in [-0.15, -0.1) is 0 Å². The molecule has 0 atom stereocenters. The number of amides is 1. The summed E-state index contributed by atoms with van der Waals surface area (Å²) in [5.41, 5.74) is 1.03. The SMILES string of the molecule is CCC(=O)CC(=O)N(CC)Cc1ccncc1. The number of carbonyl (C=O) groups is 2. The molecule has 0 aliphatic heterocycles. The minimum Gasteiger partial charge on any atom is -0.338 e. The predicted molar refractivity (Wildman–Crippen MR) is 65.2 cm³/mol. The molecular formula is C13H18N2O2. The lowest BCUT2D eigenvalue weighted by Gasteiger charge is -2.20. The van der Waals surface area contributed by atoms with Crippen LogP contribution in [0.3, 0.4) is 0 Å². The fourth-order valence-electron chi connectivity index (χ4n) is 1.49. The monoisotopic (exact) mass is 234 g/mol. The molecule has 0 aliphatic carbocycles. The van der Waals surface area contributed by atoms with E-state index in [1.165, 1.54) is 0 Å². The number of hydrogen-bond donors (Lipinski definition) is 0. The molecule has 0 saturated carbocycles. The summed E-state index contributed by atoms with van der Waals surface area (Å²) in [5, 5.41) is 0. The van der Waals surface area contributed by atoms with E-state index in [4.69, 9.17) is 0 Å². The fraction of sp³-hybridized carbons (Fsp3) is 0.462. The molecule has 4 nitrogen and oxygen atoms in total. The second kappa shape index (κ2) is 6.78. The molecule has 1 heterocycles. The van der Waals surface area contributed by atoms with Crippen molar-refractivity contribution in [3.8, 4) is 0 Å².